The number of benzene rings is 2. The van der Waals surface area contributed by atoms with Gasteiger partial charge in [0.25, 0.3) is 0 Å². The first kappa shape index (κ1) is 16.8. The molecule has 1 aromatic heterocycles. The average molecular weight is 349 g/mol. The molecule has 1 fully saturated rings. The van der Waals surface area contributed by atoms with Gasteiger partial charge in [0.15, 0.2) is 5.58 Å². The third-order valence-corrected chi connectivity index (χ3v) is 5.19. The van der Waals surface area contributed by atoms with Crippen molar-refractivity contribution in [1.82, 2.24) is 15.4 Å². The predicted molar refractivity (Wildman–Crippen MR) is 101 cm³/mol. The molecule has 1 aliphatic heterocycles. The van der Waals surface area contributed by atoms with Crippen molar-refractivity contribution in [3.8, 4) is 0 Å². The third-order valence-electron chi connectivity index (χ3n) is 5.19. The lowest BCUT2D eigenvalue weighted by Crippen LogP contribution is -2.38. The first-order valence-electron chi connectivity index (χ1n) is 9.12. The van der Waals surface area contributed by atoms with Crippen LogP contribution in [0.5, 0.6) is 0 Å². The van der Waals surface area contributed by atoms with Gasteiger partial charge in [0, 0.05) is 30.6 Å². The average Bonchev–Trinajstić information content (AvgIpc) is 3.29. The van der Waals surface area contributed by atoms with E-state index in [1.54, 1.807) is 0 Å². The number of nitrogens with one attached hydrogen (secondary N) is 1. The van der Waals surface area contributed by atoms with Gasteiger partial charge in [-0.1, -0.05) is 47.6 Å². The summed E-state index contributed by atoms with van der Waals surface area (Å²) >= 11 is 0. The molecule has 0 radical (unpaired) electrons. The predicted octanol–water partition coefficient (Wildman–Crippen LogP) is 3.32. The molecule has 1 N–H and O–H groups in total. The zero-order chi connectivity index (χ0) is 17.9. The highest BCUT2D eigenvalue weighted by Crippen LogP contribution is 2.24. The number of aromatic nitrogens is 1. The standard InChI is InChI=1S/C21H23N3O2/c1-15(16-7-3-2-4-8-16)24-12-11-17(14-24)22-21(25)13-19-18-9-5-6-10-20(18)26-23-19/h2-10,15,17H,11-14H2,1H3,(H,22,25)/t15-,17-/m0/s1. The fourth-order valence-corrected chi connectivity index (χ4v) is 3.70. The third kappa shape index (κ3) is 3.48. The summed E-state index contributed by atoms with van der Waals surface area (Å²) in [5.41, 5.74) is 2.73. The molecule has 0 bridgehead atoms. The maximum absolute atomic E-state index is 12.4. The van der Waals surface area contributed by atoms with E-state index in [0.29, 0.717) is 11.7 Å². The van der Waals surface area contributed by atoms with E-state index in [4.69, 9.17) is 4.52 Å². The SMILES string of the molecule is C[C@@H](c1ccccc1)N1CC[C@H](NC(=O)Cc2noc3ccccc23)C1. The van der Waals surface area contributed by atoms with Crippen molar-refractivity contribution in [1.29, 1.82) is 0 Å². The van der Waals surface area contributed by atoms with E-state index in [1.165, 1.54) is 5.56 Å². The fraction of sp³-hybridized carbons (Fsp3) is 0.333. The number of nitrogens with zero attached hydrogens (tertiary/aromatic N) is 2. The van der Waals surface area contributed by atoms with Crippen LogP contribution >= 0.6 is 0 Å². The second-order valence-corrected chi connectivity index (χ2v) is 6.94. The number of likely N-dealkylation sites (tertiary alicyclic amines) is 1. The Hall–Kier alpha value is -2.66. The van der Waals surface area contributed by atoms with Crippen LogP contribution in [0.2, 0.25) is 0 Å². The van der Waals surface area contributed by atoms with Gasteiger partial charge < -0.3 is 9.84 Å². The first-order chi connectivity index (χ1) is 12.7. The quantitative estimate of drug-likeness (QED) is 0.768. The van der Waals surface area contributed by atoms with Crippen molar-refractivity contribution in [2.45, 2.75) is 31.8 Å². The zero-order valence-corrected chi connectivity index (χ0v) is 14.9. The van der Waals surface area contributed by atoms with Crippen molar-refractivity contribution in [3.63, 3.8) is 0 Å². The van der Waals surface area contributed by atoms with Crippen molar-refractivity contribution in [2.75, 3.05) is 13.1 Å². The van der Waals surface area contributed by atoms with E-state index >= 15 is 0 Å². The molecule has 2 atom stereocenters. The number of hydrogen-bond acceptors (Lipinski definition) is 4. The molecule has 3 aromatic rings. The highest BCUT2D eigenvalue weighted by molar-refractivity contribution is 5.86. The van der Waals surface area contributed by atoms with Crippen molar-refractivity contribution in [2.24, 2.45) is 0 Å². The van der Waals surface area contributed by atoms with E-state index in [1.807, 2.05) is 30.3 Å². The van der Waals surface area contributed by atoms with Gasteiger partial charge in [-0.3, -0.25) is 9.69 Å². The highest BCUT2D eigenvalue weighted by atomic mass is 16.5. The summed E-state index contributed by atoms with van der Waals surface area (Å²) in [6.45, 7) is 4.09. The van der Waals surface area contributed by atoms with Gasteiger partial charge in [-0.2, -0.15) is 0 Å². The zero-order valence-electron chi connectivity index (χ0n) is 14.9. The molecule has 1 aliphatic rings. The summed E-state index contributed by atoms with van der Waals surface area (Å²) in [5, 5.41) is 8.11. The lowest BCUT2D eigenvalue weighted by Gasteiger charge is -2.24. The summed E-state index contributed by atoms with van der Waals surface area (Å²) in [7, 11) is 0. The van der Waals surface area contributed by atoms with E-state index < -0.39 is 0 Å². The minimum Gasteiger partial charge on any atom is -0.356 e. The summed E-state index contributed by atoms with van der Waals surface area (Å²) in [4.78, 5) is 14.9. The van der Waals surface area contributed by atoms with Crippen LogP contribution < -0.4 is 5.32 Å². The number of hydrogen-bond donors (Lipinski definition) is 1. The van der Waals surface area contributed by atoms with E-state index in [9.17, 15) is 4.79 Å². The number of rotatable bonds is 5. The summed E-state index contributed by atoms with van der Waals surface area (Å²) in [5.74, 6) is 0.00303. The molecule has 0 spiro atoms. The largest absolute Gasteiger partial charge is 0.356 e. The lowest BCUT2D eigenvalue weighted by molar-refractivity contribution is -0.121. The van der Waals surface area contributed by atoms with Crippen LogP contribution in [-0.4, -0.2) is 35.1 Å². The molecule has 0 unspecified atom stereocenters. The van der Waals surface area contributed by atoms with Gasteiger partial charge >= 0.3 is 0 Å². The number of amides is 1. The Kier molecular flexibility index (Phi) is 4.71. The molecule has 2 aromatic carbocycles. The Bertz CT molecular complexity index is 890. The van der Waals surface area contributed by atoms with Gasteiger partial charge in [0.05, 0.1) is 6.42 Å². The van der Waals surface area contributed by atoms with E-state index in [-0.39, 0.29) is 18.4 Å². The second-order valence-electron chi connectivity index (χ2n) is 6.94. The summed E-state index contributed by atoms with van der Waals surface area (Å²) < 4.78 is 5.28. The molecule has 1 saturated heterocycles. The molecule has 4 rings (SSSR count). The molecule has 26 heavy (non-hydrogen) atoms. The normalized spacial score (nSPS) is 18.9. The summed E-state index contributed by atoms with van der Waals surface area (Å²) in [6, 6.07) is 18.7. The van der Waals surface area contributed by atoms with Crippen LogP contribution in [0.3, 0.4) is 0 Å². The van der Waals surface area contributed by atoms with Gasteiger partial charge in [-0.25, -0.2) is 0 Å². The van der Waals surface area contributed by atoms with E-state index in [0.717, 1.165) is 30.5 Å². The van der Waals surface area contributed by atoms with Crippen LogP contribution in [0.15, 0.2) is 59.1 Å². The van der Waals surface area contributed by atoms with Gasteiger partial charge in [0.1, 0.15) is 5.69 Å². The molecule has 0 saturated carbocycles. The Morgan fingerprint density at radius 1 is 1.23 bits per heavy atom. The maximum atomic E-state index is 12.4. The van der Waals surface area contributed by atoms with Crippen LogP contribution in [0.1, 0.15) is 30.6 Å². The molecular weight excluding hydrogens is 326 g/mol. The molecule has 1 amide bonds. The second kappa shape index (κ2) is 7.30. The van der Waals surface area contributed by atoms with Gasteiger partial charge in [-0.05, 0) is 31.0 Å². The summed E-state index contributed by atoms with van der Waals surface area (Å²) in [6.07, 6.45) is 1.23. The van der Waals surface area contributed by atoms with E-state index in [2.05, 4.69) is 46.6 Å². The van der Waals surface area contributed by atoms with Crippen LogP contribution in [-0.2, 0) is 11.2 Å². The van der Waals surface area contributed by atoms with Crippen LogP contribution in [0, 0.1) is 0 Å². The molecule has 2 heterocycles. The Labute approximate surface area is 153 Å². The first-order valence-corrected chi connectivity index (χ1v) is 9.12. The maximum Gasteiger partial charge on any atom is 0.226 e. The minimum atomic E-state index is 0.00303. The molecular formula is C21H23N3O2. The molecule has 5 nitrogen and oxygen atoms in total. The number of fused-ring (bicyclic) bond motifs is 1. The number of carbonyl (C=O) groups excluding carboxylic acids is 1. The highest BCUT2D eigenvalue weighted by Gasteiger charge is 2.28. The molecule has 134 valence electrons. The lowest BCUT2D eigenvalue weighted by atomic mass is 10.1. The molecule has 5 heteroatoms. The van der Waals surface area contributed by atoms with Crippen molar-refractivity contribution < 1.29 is 9.32 Å². The fourth-order valence-electron chi connectivity index (χ4n) is 3.70. The van der Waals surface area contributed by atoms with Gasteiger partial charge in [-0.15, -0.1) is 0 Å². The van der Waals surface area contributed by atoms with Crippen molar-refractivity contribution >= 4 is 16.9 Å². The monoisotopic (exact) mass is 349 g/mol. The van der Waals surface area contributed by atoms with Crippen LogP contribution in [0.4, 0.5) is 0 Å². The topological polar surface area (TPSA) is 58.4 Å². The Morgan fingerprint density at radius 3 is 2.85 bits per heavy atom. The van der Waals surface area contributed by atoms with Crippen molar-refractivity contribution in [3.05, 3.63) is 65.9 Å². The number of carbonyl (C=O) groups is 1. The Balaban J connectivity index is 1.34. The van der Waals surface area contributed by atoms with Crippen LogP contribution in [0.25, 0.3) is 11.0 Å². The molecule has 0 aliphatic carbocycles. The number of para-hydroxylation sites is 1. The van der Waals surface area contributed by atoms with Gasteiger partial charge in [0.2, 0.25) is 5.91 Å². The smallest absolute Gasteiger partial charge is 0.226 e. The minimum absolute atomic E-state index is 0.00303. The Morgan fingerprint density at radius 2 is 2.00 bits per heavy atom.